The molecule has 1 unspecified atom stereocenters. The number of nitrogens with zero attached hydrogens (tertiary/aromatic N) is 1. The van der Waals surface area contributed by atoms with E-state index in [1.165, 1.54) is 25.8 Å². The van der Waals surface area contributed by atoms with Gasteiger partial charge in [-0.05, 0) is 45.6 Å². The van der Waals surface area contributed by atoms with E-state index in [9.17, 15) is 0 Å². The molecule has 96 valence electrons. The van der Waals surface area contributed by atoms with Crippen molar-refractivity contribution >= 4 is 0 Å². The Morgan fingerprint density at radius 1 is 1.19 bits per heavy atom. The molecular formula is C14H29NO. The highest BCUT2D eigenvalue weighted by molar-refractivity contribution is 4.84. The number of likely N-dealkylation sites (tertiary alicyclic amines) is 1. The molecule has 0 bridgehead atoms. The van der Waals surface area contributed by atoms with Crippen molar-refractivity contribution in [2.24, 2.45) is 5.92 Å². The van der Waals surface area contributed by atoms with Gasteiger partial charge in [-0.1, -0.05) is 20.8 Å². The molecule has 16 heavy (non-hydrogen) atoms. The third kappa shape index (κ3) is 4.06. The average molecular weight is 227 g/mol. The topological polar surface area (TPSA) is 12.5 Å². The molecule has 0 spiro atoms. The first-order chi connectivity index (χ1) is 7.54. The quantitative estimate of drug-likeness (QED) is 0.714. The number of piperidine rings is 1. The van der Waals surface area contributed by atoms with Crippen LogP contribution in [-0.2, 0) is 4.74 Å². The summed E-state index contributed by atoms with van der Waals surface area (Å²) >= 11 is 0. The first-order valence-electron chi connectivity index (χ1n) is 6.91. The first-order valence-corrected chi connectivity index (χ1v) is 6.91. The SMILES string of the molecule is CCN1[C@H](C)CC(OCCC(C)C)C[C@@H]1C. The summed E-state index contributed by atoms with van der Waals surface area (Å²) in [4.78, 5) is 2.59. The number of hydrogen-bond donors (Lipinski definition) is 0. The lowest BCUT2D eigenvalue weighted by Crippen LogP contribution is -2.48. The second-order valence-corrected chi connectivity index (χ2v) is 5.68. The van der Waals surface area contributed by atoms with Crippen molar-refractivity contribution in [3.05, 3.63) is 0 Å². The highest BCUT2D eigenvalue weighted by atomic mass is 16.5. The van der Waals surface area contributed by atoms with E-state index in [-0.39, 0.29) is 0 Å². The second kappa shape index (κ2) is 6.61. The van der Waals surface area contributed by atoms with Crippen LogP contribution < -0.4 is 0 Å². The summed E-state index contributed by atoms with van der Waals surface area (Å²) in [6.45, 7) is 13.5. The molecule has 1 heterocycles. The van der Waals surface area contributed by atoms with Crippen LogP contribution in [0, 0.1) is 5.92 Å². The van der Waals surface area contributed by atoms with E-state index >= 15 is 0 Å². The number of rotatable bonds is 5. The van der Waals surface area contributed by atoms with Gasteiger partial charge in [0, 0.05) is 18.7 Å². The Hall–Kier alpha value is -0.0800. The molecule has 0 N–H and O–H groups in total. The predicted molar refractivity (Wildman–Crippen MR) is 69.7 cm³/mol. The molecule has 0 radical (unpaired) electrons. The van der Waals surface area contributed by atoms with Gasteiger partial charge in [0.1, 0.15) is 0 Å². The van der Waals surface area contributed by atoms with Gasteiger partial charge in [0.15, 0.2) is 0 Å². The largest absolute Gasteiger partial charge is 0.378 e. The van der Waals surface area contributed by atoms with E-state index in [0.29, 0.717) is 18.2 Å². The first kappa shape index (κ1) is 14.0. The molecule has 0 amide bonds. The maximum Gasteiger partial charge on any atom is 0.0604 e. The molecule has 1 rings (SSSR count). The van der Waals surface area contributed by atoms with Crippen molar-refractivity contribution in [3.8, 4) is 0 Å². The molecule has 1 fully saturated rings. The Balaban J connectivity index is 2.30. The van der Waals surface area contributed by atoms with Crippen molar-refractivity contribution in [2.75, 3.05) is 13.2 Å². The summed E-state index contributed by atoms with van der Waals surface area (Å²) in [5.41, 5.74) is 0. The third-order valence-corrected chi connectivity index (χ3v) is 3.75. The standard InChI is InChI=1S/C14H29NO/c1-6-15-12(4)9-14(10-13(15)5)16-8-7-11(2)3/h11-14H,6-10H2,1-5H3/t12-,13+,14?. The molecule has 2 heteroatoms. The van der Waals surface area contributed by atoms with Crippen LogP contribution in [0.1, 0.15) is 53.9 Å². The van der Waals surface area contributed by atoms with E-state index < -0.39 is 0 Å². The predicted octanol–water partition coefficient (Wildman–Crippen LogP) is 3.31. The third-order valence-electron chi connectivity index (χ3n) is 3.75. The second-order valence-electron chi connectivity index (χ2n) is 5.68. The molecule has 2 nitrogen and oxygen atoms in total. The van der Waals surface area contributed by atoms with Gasteiger partial charge in [-0.3, -0.25) is 4.90 Å². The monoisotopic (exact) mass is 227 g/mol. The molecule has 0 aromatic rings. The van der Waals surface area contributed by atoms with Crippen molar-refractivity contribution in [2.45, 2.75) is 72.1 Å². The normalized spacial score (nSPS) is 32.2. The lowest BCUT2D eigenvalue weighted by Gasteiger charge is -2.42. The fourth-order valence-corrected chi connectivity index (χ4v) is 2.79. The molecule has 0 aromatic carbocycles. The van der Waals surface area contributed by atoms with E-state index in [4.69, 9.17) is 4.74 Å². The van der Waals surface area contributed by atoms with Crippen molar-refractivity contribution in [3.63, 3.8) is 0 Å². The Labute approximate surface area is 101 Å². The van der Waals surface area contributed by atoms with Gasteiger partial charge in [-0.2, -0.15) is 0 Å². The molecule has 1 saturated heterocycles. The van der Waals surface area contributed by atoms with Gasteiger partial charge < -0.3 is 4.74 Å². The maximum absolute atomic E-state index is 6.00. The number of ether oxygens (including phenoxy) is 1. The Bertz CT molecular complexity index is 181. The van der Waals surface area contributed by atoms with Crippen molar-refractivity contribution in [1.29, 1.82) is 0 Å². The van der Waals surface area contributed by atoms with E-state index in [1.807, 2.05) is 0 Å². The highest BCUT2D eigenvalue weighted by Crippen LogP contribution is 2.24. The van der Waals surface area contributed by atoms with Crippen LogP contribution >= 0.6 is 0 Å². The smallest absolute Gasteiger partial charge is 0.0604 e. The molecule has 0 aromatic heterocycles. The molecule has 0 aliphatic carbocycles. The van der Waals surface area contributed by atoms with E-state index in [1.54, 1.807) is 0 Å². The fraction of sp³-hybridized carbons (Fsp3) is 1.00. The molecule has 1 aliphatic rings. The van der Waals surface area contributed by atoms with Crippen molar-refractivity contribution < 1.29 is 4.74 Å². The van der Waals surface area contributed by atoms with Crippen LogP contribution in [0.25, 0.3) is 0 Å². The average Bonchev–Trinajstić information content (AvgIpc) is 2.16. The zero-order chi connectivity index (χ0) is 12.1. The van der Waals surface area contributed by atoms with Crippen LogP contribution in [0.3, 0.4) is 0 Å². The van der Waals surface area contributed by atoms with Gasteiger partial charge in [-0.15, -0.1) is 0 Å². The molecule has 3 atom stereocenters. The lowest BCUT2D eigenvalue weighted by atomic mass is 9.95. The van der Waals surface area contributed by atoms with Gasteiger partial charge in [-0.25, -0.2) is 0 Å². The zero-order valence-corrected chi connectivity index (χ0v) is 11.7. The van der Waals surface area contributed by atoms with Gasteiger partial charge in [0.2, 0.25) is 0 Å². The van der Waals surface area contributed by atoms with Crippen molar-refractivity contribution in [1.82, 2.24) is 4.90 Å². The fourth-order valence-electron chi connectivity index (χ4n) is 2.79. The zero-order valence-electron chi connectivity index (χ0n) is 11.7. The molecule has 0 saturated carbocycles. The molecular weight excluding hydrogens is 198 g/mol. The summed E-state index contributed by atoms with van der Waals surface area (Å²) in [6, 6.07) is 1.36. The Morgan fingerprint density at radius 3 is 2.19 bits per heavy atom. The molecule has 1 aliphatic heterocycles. The minimum Gasteiger partial charge on any atom is -0.378 e. The van der Waals surface area contributed by atoms with Gasteiger partial charge in [0.25, 0.3) is 0 Å². The summed E-state index contributed by atoms with van der Waals surface area (Å²) in [7, 11) is 0. The minimum atomic E-state index is 0.492. The summed E-state index contributed by atoms with van der Waals surface area (Å²) < 4.78 is 6.00. The van der Waals surface area contributed by atoms with Crippen LogP contribution in [0.2, 0.25) is 0 Å². The Morgan fingerprint density at radius 2 is 1.75 bits per heavy atom. The lowest BCUT2D eigenvalue weighted by molar-refractivity contribution is -0.0346. The van der Waals surface area contributed by atoms with Crippen LogP contribution in [0.5, 0.6) is 0 Å². The highest BCUT2D eigenvalue weighted by Gasteiger charge is 2.29. The van der Waals surface area contributed by atoms with Gasteiger partial charge in [0.05, 0.1) is 6.10 Å². The van der Waals surface area contributed by atoms with Gasteiger partial charge >= 0.3 is 0 Å². The summed E-state index contributed by atoms with van der Waals surface area (Å²) in [6.07, 6.45) is 4.09. The maximum atomic E-state index is 6.00. The van der Waals surface area contributed by atoms with Crippen LogP contribution in [-0.4, -0.2) is 36.2 Å². The van der Waals surface area contributed by atoms with Crippen LogP contribution in [0.15, 0.2) is 0 Å². The number of hydrogen-bond acceptors (Lipinski definition) is 2. The summed E-state index contributed by atoms with van der Waals surface area (Å²) in [5, 5.41) is 0. The van der Waals surface area contributed by atoms with E-state index in [0.717, 1.165) is 12.5 Å². The van der Waals surface area contributed by atoms with E-state index in [2.05, 4.69) is 39.5 Å². The summed E-state index contributed by atoms with van der Waals surface area (Å²) in [5.74, 6) is 0.755. The Kier molecular flexibility index (Phi) is 5.77. The van der Waals surface area contributed by atoms with Crippen LogP contribution in [0.4, 0.5) is 0 Å². The minimum absolute atomic E-state index is 0.492.